The van der Waals surface area contributed by atoms with E-state index in [1.54, 1.807) is 0 Å². The molecular formula is C13H28IN. The van der Waals surface area contributed by atoms with Crippen LogP contribution in [0.3, 0.4) is 0 Å². The minimum atomic E-state index is 0. The zero-order valence-corrected chi connectivity index (χ0v) is 13.5. The van der Waals surface area contributed by atoms with Crippen LogP contribution in [0.15, 0.2) is 11.6 Å². The highest BCUT2D eigenvalue weighted by Gasteiger charge is 2.09. The van der Waals surface area contributed by atoms with E-state index >= 15 is 0 Å². The van der Waals surface area contributed by atoms with Crippen LogP contribution in [0.2, 0.25) is 0 Å². The fourth-order valence-corrected chi connectivity index (χ4v) is 1.41. The van der Waals surface area contributed by atoms with Crippen LogP contribution in [0.4, 0.5) is 0 Å². The Morgan fingerprint density at radius 1 is 1.13 bits per heavy atom. The highest BCUT2D eigenvalue weighted by atomic mass is 127. The zero-order chi connectivity index (χ0) is 11.2. The Morgan fingerprint density at radius 3 is 2.07 bits per heavy atom. The molecule has 0 N–H and O–H groups in total. The van der Waals surface area contributed by atoms with Crippen LogP contribution < -0.4 is 24.0 Å². The molecule has 0 radical (unpaired) electrons. The molecule has 0 fully saturated rings. The molecule has 2 heteroatoms. The first-order valence-corrected chi connectivity index (χ1v) is 5.75. The third kappa shape index (κ3) is 14.4. The van der Waals surface area contributed by atoms with E-state index in [1.807, 2.05) is 0 Å². The van der Waals surface area contributed by atoms with E-state index in [1.165, 1.54) is 31.4 Å². The van der Waals surface area contributed by atoms with Crippen molar-refractivity contribution in [1.82, 2.24) is 0 Å². The van der Waals surface area contributed by atoms with Gasteiger partial charge in [-0.3, -0.25) is 0 Å². The molecule has 0 unspecified atom stereocenters. The molecule has 0 spiro atoms. The van der Waals surface area contributed by atoms with Crippen LogP contribution in [-0.4, -0.2) is 32.2 Å². The second-order valence-electron chi connectivity index (χ2n) is 5.77. The third-order valence-electron chi connectivity index (χ3n) is 2.50. The lowest BCUT2D eigenvalue weighted by molar-refractivity contribution is -0.870. The molecule has 0 rings (SSSR count). The lowest BCUT2D eigenvalue weighted by Crippen LogP contribution is -3.00. The molecule has 92 valence electrons. The fourth-order valence-electron chi connectivity index (χ4n) is 1.41. The van der Waals surface area contributed by atoms with Crippen molar-refractivity contribution in [2.75, 3.05) is 27.7 Å². The Morgan fingerprint density at radius 2 is 1.67 bits per heavy atom. The largest absolute Gasteiger partial charge is 1.00 e. The van der Waals surface area contributed by atoms with Crippen molar-refractivity contribution in [3.8, 4) is 0 Å². The predicted molar refractivity (Wildman–Crippen MR) is 65.3 cm³/mol. The summed E-state index contributed by atoms with van der Waals surface area (Å²) in [4.78, 5) is 0. The number of rotatable bonds is 6. The topological polar surface area (TPSA) is 0 Å². The minimum absolute atomic E-state index is 0. The van der Waals surface area contributed by atoms with Gasteiger partial charge in [0, 0.05) is 0 Å². The van der Waals surface area contributed by atoms with Gasteiger partial charge in [0.25, 0.3) is 0 Å². The summed E-state index contributed by atoms with van der Waals surface area (Å²) in [7, 11) is 6.80. The summed E-state index contributed by atoms with van der Waals surface area (Å²) < 4.78 is 1.09. The first kappa shape index (κ1) is 17.8. The number of halogens is 1. The van der Waals surface area contributed by atoms with Gasteiger partial charge in [-0.05, 0) is 39.0 Å². The van der Waals surface area contributed by atoms with Crippen molar-refractivity contribution >= 4 is 0 Å². The number of allylic oxidation sites excluding steroid dienone is 2. The second kappa shape index (κ2) is 8.57. The second-order valence-corrected chi connectivity index (χ2v) is 5.77. The third-order valence-corrected chi connectivity index (χ3v) is 2.50. The molecular weight excluding hydrogens is 297 g/mol. The standard InChI is InChI=1S/C13H28N.HI/c1-12(2)8-7-9-13(3)10-11-14(4,5)6;/h8,13H,7,9-11H2,1-6H3;1H/q+1;/p-1/t13-;/m1./s1. The van der Waals surface area contributed by atoms with Gasteiger partial charge in [0.15, 0.2) is 0 Å². The van der Waals surface area contributed by atoms with Crippen LogP contribution in [0.25, 0.3) is 0 Å². The Labute approximate surface area is 114 Å². The monoisotopic (exact) mass is 325 g/mol. The summed E-state index contributed by atoms with van der Waals surface area (Å²) in [5, 5.41) is 0. The van der Waals surface area contributed by atoms with Crippen molar-refractivity contribution in [3.05, 3.63) is 11.6 Å². The van der Waals surface area contributed by atoms with Gasteiger partial charge in [0.2, 0.25) is 0 Å². The molecule has 1 nitrogen and oxygen atoms in total. The average Bonchev–Trinajstić information content (AvgIpc) is 1.99. The molecule has 15 heavy (non-hydrogen) atoms. The van der Waals surface area contributed by atoms with E-state index in [4.69, 9.17) is 0 Å². The van der Waals surface area contributed by atoms with Gasteiger partial charge < -0.3 is 28.5 Å². The highest BCUT2D eigenvalue weighted by Crippen LogP contribution is 2.13. The normalized spacial score (nSPS) is 12.9. The summed E-state index contributed by atoms with van der Waals surface area (Å²) in [6.45, 7) is 8.01. The van der Waals surface area contributed by atoms with Gasteiger partial charge in [-0.1, -0.05) is 18.6 Å². The first-order chi connectivity index (χ1) is 6.31. The van der Waals surface area contributed by atoms with Crippen molar-refractivity contribution in [2.24, 2.45) is 5.92 Å². The van der Waals surface area contributed by atoms with E-state index in [-0.39, 0.29) is 24.0 Å². The van der Waals surface area contributed by atoms with Crippen LogP contribution in [0.1, 0.15) is 40.0 Å². The van der Waals surface area contributed by atoms with Crippen LogP contribution in [0, 0.1) is 5.92 Å². The van der Waals surface area contributed by atoms with Crippen molar-refractivity contribution in [2.45, 2.75) is 40.0 Å². The summed E-state index contributed by atoms with van der Waals surface area (Å²) in [6.07, 6.45) is 6.29. The molecule has 0 bridgehead atoms. The van der Waals surface area contributed by atoms with E-state index in [2.05, 4.69) is 48.0 Å². The van der Waals surface area contributed by atoms with E-state index in [0.717, 1.165) is 10.4 Å². The molecule has 0 aromatic heterocycles. The van der Waals surface area contributed by atoms with E-state index in [0.29, 0.717) is 0 Å². The summed E-state index contributed by atoms with van der Waals surface area (Å²) in [6, 6.07) is 0. The molecule has 0 aromatic carbocycles. The van der Waals surface area contributed by atoms with Crippen LogP contribution in [-0.2, 0) is 0 Å². The lowest BCUT2D eigenvalue weighted by Gasteiger charge is -2.25. The van der Waals surface area contributed by atoms with Gasteiger partial charge >= 0.3 is 0 Å². The number of quaternary nitrogens is 1. The highest BCUT2D eigenvalue weighted by molar-refractivity contribution is 4.92. The van der Waals surface area contributed by atoms with Gasteiger partial charge in [-0.2, -0.15) is 0 Å². The molecule has 0 heterocycles. The number of nitrogens with zero attached hydrogens (tertiary/aromatic N) is 1. The number of hydrogen-bond donors (Lipinski definition) is 0. The predicted octanol–water partition coefficient (Wildman–Crippen LogP) is 0.469. The van der Waals surface area contributed by atoms with Crippen molar-refractivity contribution in [1.29, 1.82) is 0 Å². The van der Waals surface area contributed by atoms with Crippen molar-refractivity contribution in [3.63, 3.8) is 0 Å². The van der Waals surface area contributed by atoms with E-state index in [9.17, 15) is 0 Å². The van der Waals surface area contributed by atoms with Gasteiger partial charge in [0.05, 0.1) is 27.7 Å². The fraction of sp³-hybridized carbons (Fsp3) is 0.846. The first-order valence-electron chi connectivity index (χ1n) is 5.75. The maximum Gasteiger partial charge on any atom is 0.0783 e. The quantitative estimate of drug-likeness (QED) is 0.378. The smallest absolute Gasteiger partial charge is 0.0783 e. The SMILES string of the molecule is CC(C)=CCC[C@@H](C)CC[N+](C)(C)C.[I-]. The molecule has 0 aromatic rings. The summed E-state index contributed by atoms with van der Waals surface area (Å²) >= 11 is 0. The van der Waals surface area contributed by atoms with Crippen LogP contribution >= 0.6 is 0 Å². The van der Waals surface area contributed by atoms with Crippen molar-refractivity contribution < 1.29 is 28.5 Å². The summed E-state index contributed by atoms with van der Waals surface area (Å²) in [5.74, 6) is 0.864. The molecule has 0 saturated carbocycles. The Bertz CT molecular complexity index is 175. The van der Waals surface area contributed by atoms with Gasteiger partial charge in [0.1, 0.15) is 0 Å². The molecule has 0 aliphatic rings. The minimum Gasteiger partial charge on any atom is -1.00 e. The Kier molecular flexibility index (Phi) is 10.2. The molecule has 1 atom stereocenters. The summed E-state index contributed by atoms with van der Waals surface area (Å²) in [5.41, 5.74) is 1.45. The maximum atomic E-state index is 2.37. The molecule has 0 aliphatic heterocycles. The Balaban J connectivity index is 0. The maximum absolute atomic E-state index is 2.37. The molecule has 0 saturated heterocycles. The zero-order valence-electron chi connectivity index (χ0n) is 11.3. The Hall–Kier alpha value is 0.430. The van der Waals surface area contributed by atoms with Gasteiger partial charge in [-0.15, -0.1) is 0 Å². The molecule has 0 aliphatic carbocycles. The number of hydrogen-bond acceptors (Lipinski definition) is 0. The van der Waals surface area contributed by atoms with E-state index < -0.39 is 0 Å². The van der Waals surface area contributed by atoms with Gasteiger partial charge in [-0.25, -0.2) is 0 Å². The van der Waals surface area contributed by atoms with Crippen LogP contribution in [0.5, 0.6) is 0 Å². The lowest BCUT2D eigenvalue weighted by atomic mass is 10.0. The average molecular weight is 325 g/mol. The molecule has 0 amide bonds.